The number of hydrogen-bond donors (Lipinski definition) is 0. The first-order chi connectivity index (χ1) is 10.0. The van der Waals surface area contributed by atoms with Gasteiger partial charge >= 0.3 is 0 Å². The molecule has 0 spiro atoms. The van der Waals surface area contributed by atoms with Gasteiger partial charge in [-0.3, -0.25) is 4.79 Å². The molecule has 2 heterocycles. The highest BCUT2D eigenvalue weighted by Crippen LogP contribution is 2.33. The largest absolute Gasteiger partial charge is 0.310 e. The Morgan fingerprint density at radius 1 is 1.24 bits per heavy atom. The first-order valence-corrected chi connectivity index (χ1v) is 8.07. The first-order valence-electron chi connectivity index (χ1n) is 7.70. The summed E-state index contributed by atoms with van der Waals surface area (Å²) in [5, 5.41) is 1.46. The average molecular weight is 303 g/mol. The van der Waals surface area contributed by atoms with Crippen LogP contribution in [0.3, 0.4) is 0 Å². The van der Waals surface area contributed by atoms with Crippen molar-refractivity contribution in [2.24, 2.45) is 0 Å². The normalized spacial score (nSPS) is 18.6. The van der Waals surface area contributed by atoms with E-state index in [1.54, 1.807) is 12.3 Å². The highest BCUT2D eigenvalue weighted by atomic mass is 35.5. The van der Waals surface area contributed by atoms with Crippen LogP contribution in [0.5, 0.6) is 0 Å². The fourth-order valence-corrected chi connectivity index (χ4v) is 3.78. The number of hydrogen-bond acceptors (Lipinski definition) is 2. The van der Waals surface area contributed by atoms with Crippen molar-refractivity contribution in [3.63, 3.8) is 0 Å². The summed E-state index contributed by atoms with van der Waals surface area (Å²) in [6, 6.07) is 3.56. The zero-order chi connectivity index (χ0) is 15.0. The summed E-state index contributed by atoms with van der Waals surface area (Å²) in [5.41, 5.74) is 1.84. The van der Waals surface area contributed by atoms with E-state index in [-0.39, 0.29) is 11.0 Å². The lowest BCUT2D eigenvalue weighted by Gasteiger charge is -2.33. The lowest BCUT2D eigenvalue weighted by molar-refractivity contribution is 0.378. The second-order valence-corrected chi connectivity index (χ2v) is 6.82. The molecule has 0 unspecified atom stereocenters. The number of rotatable bonds is 1. The van der Waals surface area contributed by atoms with Crippen molar-refractivity contribution in [3.05, 3.63) is 39.4 Å². The fourth-order valence-electron chi connectivity index (χ4n) is 3.63. The Labute approximate surface area is 130 Å². The zero-order valence-corrected chi connectivity index (χ0v) is 13.4. The molecule has 1 aliphatic rings. The van der Waals surface area contributed by atoms with Crippen LogP contribution in [-0.2, 0) is 5.44 Å². The highest BCUT2D eigenvalue weighted by molar-refractivity contribution is 6.30. The molecule has 3 nitrogen and oxygen atoms in total. The summed E-state index contributed by atoms with van der Waals surface area (Å²) >= 11 is 6.09. The van der Waals surface area contributed by atoms with Crippen molar-refractivity contribution in [2.75, 3.05) is 0 Å². The maximum atomic E-state index is 12.7. The molecule has 0 amide bonds. The monoisotopic (exact) mass is 302 g/mol. The molecule has 0 atom stereocenters. The topological polar surface area (TPSA) is 34.9 Å². The number of pyridine rings is 2. The molecule has 5 heteroatoms. The van der Waals surface area contributed by atoms with E-state index in [4.69, 9.17) is 11.6 Å². The number of aromatic nitrogens is 2. The number of fused-ring (bicyclic) bond motifs is 1. The number of aryl methyl sites for hydroxylation is 1. The van der Waals surface area contributed by atoms with Gasteiger partial charge in [0.1, 0.15) is 13.0 Å². The summed E-state index contributed by atoms with van der Waals surface area (Å²) in [4.78, 5) is 16.9. The Morgan fingerprint density at radius 3 is 2.57 bits per heavy atom. The van der Waals surface area contributed by atoms with Crippen molar-refractivity contribution in [1.29, 1.82) is 0 Å². The minimum Gasteiger partial charge on any atom is -0.310 e. The van der Waals surface area contributed by atoms with Crippen molar-refractivity contribution >= 4 is 30.4 Å². The minimum atomic E-state index is -0.121. The second kappa shape index (κ2) is 5.49. The molecule has 1 aliphatic carbocycles. The average Bonchev–Trinajstić information content (AvgIpc) is 2.63. The van der Waals surface area contributed by atoms with E-state index in [2.05, 4.69) is 12.8 Å². The predicted molar refractivity (Wildman–Crippen MR) is 90.0 cm³/mol. The van der Waals surface area contributed by atoms with Gasteiger partial charge in [0, 0.05) is 23.1 Å². The van der Waals surface area contributed by atoms with E-state index in [0.29, 0.717) is 5.15 Å². The van der Waals surface area contributed by atoms with E-state index >= 15 is 0 Å². The van der Waals surface area contributed by atoms with Gasteiger partial charge in [-0.05, 0) is 31.4 Å². The van der Waals surface area contributed by atoms with Crippen LogP contribution in [0.1, 0.15) is 44.1 Å². The quantitative estimate of drug-likeness (QED) is 0.461. The molecular formula is C16H20BClN2O. The third-order valence-corrected chi connectivity index (χ3v) is 5.00. The van der Waals surface area contributed by atoms with Crippen LogP contribution in [0, 0.1) is 6.92 Å². The Morgan fingerprint density at radius 2 is 1.90 bits per heavy atom. The predicted octanol–water partition coefficient (Wildman–Crippen LogP) is 3.00. The van der Waals surface area contributed by atoms with Gasteiger partial charge in [0.25, 0.3) is 5.56 Å². The summed E-state index contributed by atoms with van der Waals surface area (Å²) in [5.74, 6) is 0. The molecule has 1 saturated carbocycles. The van der Waals surface area contributed by atoms with Crippen molar-refractivity contribution in [2.45, 2.75) is 50.9 Å². The maximum absolute atomic E-state index is 12.7. The van der Waals surface area contributed by atoms with Crippen molar-refractivity contribution in [1.82, 2.24) is 9.55 Å². The van der Waals surface area contributed by atoms with Gasteiger partial charge in [-0.15, -0.1) is 0 Å². The molecule has 0 N–H and O–H groups in total. The summed E-state index contributed by atoms with van der Waals surface area (Å²) in [6.07, 6.45) is 8.75. The van der Waals surface area contributed by atoms with Crippen LogP contribution in [-0.4, -0.2) is 17.4 Å². The molecule has 2 aromatic rings. The zero-order valence-electron chi connectivity index (χ0n) is 12.7. The standard InChI is InChI=1S/C16H20BClN2O/c1-11-8-15(21)20(13-9-14(18)19-10-12(11)13)16(17)6-4-2-3-5-7-16/h8-10H,2-7,17H2,1H3. The minimum absolute atomic E-state index is 0.0756. The molecule has 2 aromatic heterocycles. The fraction of sp³-hybridized carbons (Fsp3) is 0.500. The third-order valence-electron chi connectivity index (χ3n) is 4.80. The van der Waals surface area contributed by atoms with Crippen LogP contribution in [0.2, 0.25) is 5.15 Å². The molecule has 0 radical (unpaired) electrons. The van der Waals surface area contributed by atoms with Crippen LogP contribution in [0.25, 0.3) is 10.9 Å². The molecule has 0 saturated heterocycles. The van der Waals surface area contributed by atoms with Crippen LogP contribution < -0.4 is 5.56 Å². The third kappa shape index (κ3) is 2.62. The first kappa shape index (κ1) is 14.6. The lowest BCUT2D eigenvalue weighted by Crippen LogP contribution is -2.41. The molecular weight excluding hydrogens is 282 g/mol. The molecule has 110 valence electrons. The second-order valence-electron chi connectivity index (χ2n) is 6.44. The van der Waals surface area contributed by atoms with Gasteiger partial charge in [0.2, 0.25) is 0 Å². The van der Waals surface area contributed by atoms with E-state index in [9.17, 15) is 4.79 Å². The van der Waals surface area contributed by atoms with E-state index in [1.165, 1.54) is 25.7 Å². The molecule has 21 heavy (non-hydrogen) atoms. The van der Waals surface area contributed by atoms with Gasteiger partial charge in [0.15, 0.2) is 0 Å². The number of nitrogens with zero attached hydrogens (tertiary/aromatic N) is 2. The Hall–Kier alpha value is -1.29. The Bertz CT molecular complexity index is 733. The highest BCUT2D eigenvalue weighted by Gasteiger charge is 2.30. The van der Waals surface area contributed by atoms with Gasteiger partial charge in [-0.2, -0.15) is 0 Å². The van der Waals surface area contributed by atoms with Crippen LogP contribution in [0.4, 0.5) is 0 Å². The molecule has 0 bridgehead atoms. The Balaban J connectivity index is 2.30. The molecule has 3 rings (SSSR count). The van der Waals surface area contributed by atoms with Crippen LogP contribution >= 0.6 is 11.6 Å². The summed E-state index contributed by atoms with van der Waals surface area (Å²) in [7, 11) is 2.21. The lowest BCUT2D eigenvalue weighted by atomic mass is 9.71. The van der Waals surface area contributed by atoms with E-state index in [1.807, 2.05) is 17.6 Å². The van der Waals surface area contributed by atoms with Gasteiger partial charge < -0.3 is 4.57 Å². The molecule has 1 fully saturated rings. The van der Waals surface area contributed by atoms with E-state index in [0.717, 1.165) is 29.3 Å². The van der Waals surface area contributed by atoms with Crippen LogP contribution in [0.15, 0.2) is 23.1 Å². The summed E-state index contributed by atoms with van der Waals surface area (Å²) in [6.45, 7) is 1.96. The Kier molecular flexibility index (Phi) is 3.83. The van der Waals surface area contributed by atoms with Gasteiger partial charge in [0.05, 0.1) is 5.52 Å². The van der Waals surface area contributed by atoms with Crippen molar-refractivity contribution in [3.8, 4) is 0 Å². The molecule has 0 aromatic carbocycles. The van der Waals surface area contributed by atoms with Gasteiger partial charge in [-0.25, -0.2) is 4.98 Å². The summed E-state index contributed by atoms with van der Waals surface area (Å²) < 4.78 is 1.97. The number of halogens is 1. The van der Waals surface area contributed by atoms with Gasteiger partial charge in [-0.1, -0.05) is 37.3 Å². The SMILES string of the molecule is BC1(n2c(=O)cc(C)c3cnc(Cl)cc32)CCCCCC1. The smallest absolute Gasteiger partial charge is 0.251 e. The van der Waals surface area contributed by atoms with Crippen molar-refractivity contribution < 1.29 is 0 Å². The van der Waals surface area contributed by atoms with E-state index < -0.39 is 0 Å². The maximum Gasteiger partial charge on any atom is 0.251 e. The molecule has 0 aliphatic heterocycles.